The number of aromatic nitrogens is 1. The van der Waals surface area contributed by atoms with Gasteiger partial charge in [0, 0.05) is 25.4 Å². The average Bonchev–Trinajstić information content (AvgIpc) is 2.60. The first-order valence-corrected chi connectivity index (χ1v) is 7.24. The van der Waals surface area contributed by atoms with Crippen LogP contribution in [0.2, 0.25) is 0 Å². The van der Waals surface area contributed by atoms with Gasteiger partial charge in [-0.3, -0.25) is 14.6 Å². The molecular weight excluding hydrogens is 294 g/mol. The minimum Gasteiger partial charge on any atom is -0.497 e. The highest BCUT2D eigenvalue weighted by Crippen LogP contribution is 2.22. The summed E-state index contributed by atoms with van der Waals surface area (Å²) in [6.07, 6.45) is 2.52. The topological polar surface area (TPSA) is 80.3 Å². The maximum atomic E-state index is 12.1. The van der Waals surface area contributed by atoms with Crippen LogP contribution in [0.5, 0.6) is 5.75 Å². The van der Waals surface area contributed by atoms with Crippen molar-refractivity contribution in [3.05, 3.63) is 53.9 Å². The van der Waals surface area contributed by atoms with Gasteiger partial charge in [-0.2, -0.15) is 0 Å². The second kappa shape index (κ2) is 7.93. The number of nitrogens with one attached hydrogen (secondary N) is 2. The van der Waals surface area contributed by atoms with Gasteiger partial charge in [0.2, 0.25) is 5.91 Å². The third kappa shape index (κ3) is 4.54. The highest BCUT2D eigenvalue weighted by molar-refractivity contribution is 6.04. The van der Waals surface area contributed by atoms with Crippen LogP contribution >= 0.6 is 0 Å². The van der Waals surface area contributed by atoms with E-state index in [1.165, 1.54) is 14.2 Å². The summed E-state index contributed by atoms with van der Waals surface area (Å²) in [6, 6.07) is 10.5. The van der Waals surface area contributed by atoms with Gasteiger partial charge in [-0.1, -0.05) is 6.07 Å². The number of nitrogens with zero attached hydrogens (tertiary/aromatic N) is 1. The Balaban J connectivity index is 2.06. The minimum absolute atomic E-state index is 0.175. The van der Waals surface area contributed by atoms with E-state index in [4.69, 9.17) is 4.74 Å². The molecule has 0 saturated heterocycles. The van der Waals surface area contributed by atoms with Gasteiger partial charge in [0.1, 0.15) is 5.75 Å². The Morgan fingerprint density at radius 3 is 2.70 bits per heavy atom. The van der Waals surface area contributed by atoms with Crippen LogP contribution in [-0.2, 0) is 11.2 Å². The maximum Gasteiger partial charge on any atom is 0.253 e. The third-order valence-corrected chi connectivity index (χ3v) is 3.31. The van der Waals surface area contributed by atoms with E-state index in [-0.39, 0.29) is 18.2 Å². The van der Waals surface area contributed by atoms with Crippen LogP contribution in [0.1, 0.15) is 22.5 Å². The average molecular weight is 313 g/mol. The fraction of sp³-hybridized carbons (Fsp3) is 0.235. The molecule has 0 spiro atoms. The molecule has 0 saturated carbocycles. The molecule has 6 heteroatoms. The van der Waals surface area contributed by atoms with Crippen molar-refractivity contribution in [2.24, 2.45) is 0 Å². The van der Waals surface area contributed by atoms with E-state index in [2.05, 4.69) is 15.6 Å². The quantitative estimate of drug-likeness (QED) is 0.855. The molecule has 2 amide bonds. The van der Waals surface area contributed by atoms with Crippen molar-refractivity contribution >= 4 is 17.5 Å². The largest absolute Gasteiger partial charge is 0.497 e. The first-order valence-electron chi connectivity index (χ1n) is 7.24. The summed E-state index contributed by atoms with van der Waals surface area (Å²) < 4.78 is 5.11. The summed E-state index contributed by atoms with van der Waals surface area (Å²) in [5.41, 5.74) is 1.66. The summed E-state index contributed by atoms with van der Waals surface area (Å²) in [7, 11) is 3.06. The fourth-order valence-electron chi connectivity index (χ4n) is 2.08. The third-order valence-electron chi connectivity index (χ3n) is 3.31. The molecule has 6 nitrogen and oxygen atoms in total. The molecule has 120 valence electrons. The summed E-state index contributed by atoms with van der Waals surface area (Å²) in [5.74, 6) is 0.0879. The van der Waals surface area contributed by atoms with Crippen LogP contribution in [0.3, 0.4) is 0 Å². The Bertz CT molecular complexity index is 687. The Kier molecular flexibility index (Phi) is 5.68. The van der Waals surface area contributed by atoms with E-state index >= 15 is 0 Å². The summed E-state index contributed by atoms with van der Waals surface area (Å²) >= 11 is 0. The van der Waals surface area contributed by atoms with Crippen LogP contribution in [0.25, 0.3) is 0 Å². The maximum absolute atomic E-state index is 12.1. The zero-order valence-electron chi connectivity index (χ0n) is 13.1. The normalized spacial score (nSPS) is 10.0. The molecule has 0 aliphatic rings. The highest BCUT2D eigenvalue weighted by Gasteiger charge is 2.14. The Morgan fingerprint density at radius 2 is 2.04 bits per heavy atom. The molecular formula is C17H19N3O3. The lowest BCUT2D eigenvalue weighted by molar-refractivity contribution is -0.116. The Labute approximate surface area is 134 Å². The lowest BCUT2D eigenvalue weighted by Crippen LogP contribution is -2.21. The zero-order valence-corrected chi connectivity index (χ0v) is 13.1. The number of methoxy groups -OCH3 is 1. The van der Waals surface area contributed by atoms with Gasteiger partial charge < -0.3 is 15.4 Å². The monoisotopic (exact) mass is 313 g/mol. The zero-order chi connectivity index (χ0) is 16.7. The van der Waals surface area contributed by atoms with Gasteiger partial charge in [-0.05, 0) is 36.8 Å². The highest BCUT2D eigenvalue weighted by atomic mass is 16.5. The fourth-order valence-corrected chi connectivity index (χ4v) is 2.08. The van der Waals surface area contributed by atoms with E-state index in [1.807, 2.05) is 18.2 Å². The first-order chi connectivity index (χ1) is 11.1. The van der Waals surface area contributed by atoms with Gasteiger partial charge in [-0.15, -0.1) is 0 Å². The molecule has 0 unspecified atom stereocenters. The predicted octanol–water partition coefficient (Wildman–Crippen LogP) is 2.02. The molecule has 0 aliphatic heterocycles. The number of hydrogen-bond donors (Lipinski definition) is 2. The molecule has 1 aromatic heterocycles. The number of hydrogen-bond acceptors (Lipinski definition) is 4. The SMILES string of the molecule is CNC(=O)c1cc(OC)ccc1NC(=O)CCc1ccccn1. The van der Waals surface area contributed by atoms with Crippen LogP contribution in [0, 0.1) is 0 Å². The number of carbonyl (C=O) groups excluding carboxylic acids is 2. The van der Waals surface area contributed by atoms with Crippen LogP contribution in [-0.4, -0.2) is 31.0 Å². The van der Waals surface area contributed by atoms with E-state index in [0.29, 0.717) is 23.4 Å². The molecule has 0 radical (unpaired) electrons. The molecule has 2 rings (SSSR count). The second-order valence-electron chi connectivity index (χ2n) is 4.86. The Morgan fingerprint density at radius 1 is 1.22 bits per heavy atom. The summed E-state index contributed by atoms with van der Waals surface area (Å²) in [6.45, 7) is 0. The molecule has 1 aromatic carbocycles. The van der Waals surface area contributed by atoms with Crippen LogP contribution < -0.4 is 15.4 Å². The van der Waals surface area contributed by atoms with Crippen molar-refractivity contribution in [2.75, 3.05) is 19.5 Å². The first kappa shape index (κ1) is 16.5. The van der Waals surface area contributed by atoms with Crippen molar-refractivity contribution in [3.8, 4) is 5.75 Å². The summed E-state index contributed by atoms with van der Waals surface area (Å²) in [4.78, 5) is 28.2. The molecule has 1 heterocycles. The molecule has 23 heavy (non-hydrogen) atoms. The standard InChI is InChI=1S/C17H19N3O3/c1-18-17(22)14-11-13(23-2)7-8-15(14)20-16(21)9-6-12-5-3-4-10-19-12/h3-5,7-8,10-11H,6,9H2,1-2H3,(H,18,22)(H,20,21). The van der Waals surface area contributed by atoms with Gasteiger partial charge in [0.15, 0.2) is 0 Å². The molecule has 0 bridgehead atoms. The van der Waals surface area contributed by atoms with Crippen molar-refractivity contribution in [1.29, 1.82) is 0 Å². The van der Waals surface area contributed by atoms with Gasteiger partial charge in [0.25, 0.3) is 5.91 Å². The molecule has 2 aromatic rings. The number of anilines is 1. The minimum atomic E-state index is -0.288. The molecule has 2 N–H and O–H groups in total. The smallest absolute Gasteiger partial charge is 0.253 e. The van der Waals surface area contributed by atoms with E-state index < -0.39 is 0 Å². The molecule has 0 fully saturated rings. The second-order valence-corrected chi connectivity index (χ2v) is 4.86. The number of ether oxygens (including phenoxy) is 1. The van der Waals surface area contributed by atoms with E-state index in [0.717, 1.165) is 5.69 Å². The van der Waals surface area contributed by atoms with Crippen molar-refractivity contribution in [3.63, 3.8) is 0 Å². The van der Waals surface area contributed by atoms with Gasteiger partial charge >= 0.3 is 0 Å². The number of carbonyl (C=O) groups is 2. The van der Waals surface area contributed by atoms with Crippen molar-refractivity contribution < 1.29 is 14.3 Å². The van der Waals surface area contributed by atoms with Gasteiger partial charge in [-0.25, -0.2) is 0 Å². The number of amides is 2. The molecule has 0 atom stereocenters. The number of pyridine rings is 1. The lowest BCUT2D eigenvalue weighted by Gasteiger charge is -2.11. The number of benzene rings is 1. The summed E-state index contributed by atoms with van der Waals surface area (Å²) in [5, 5.41) is 5.31. The van der Waals surface area contributed by atoms with Crippen LogP contribution in [0.4, 0.5) is 5.69 Å². The van der Waals surface area contributed by atoms with E-state index in [9.17, 15) is 9.59 Å². The van der Waals surface area contributed by atoms with Crippen molar-refractivity contribution in [1.82, 2.24) is 10.3 Å². The van der Waals surface area contributed by atoms with E-state index in [1.54, 1.807) is 24.4 Å². The Hall–Kier alpha value is -2.89. The van der Waals surface area contributed by atoms with Gasteiger partial charge in [0.05, 0.1) is 18.4 Å². The van der Waals surface area contributed by atoms with Crippen molar-refractivity contribution in [2.45, 2.75) is 12.8 Å². The van der Waals surface area contributed by atoms with Crippen LogP contribution in [0.15, 0.2) is 42.6 Å². The number of aryl methyl sites for hydroxylation is 1. The number of rotatable bonds is 6. The lowest BCUT2D eigenvalue weighted by atomic mass is 10.1. The molecule has 0 aliphatic carbocycles. The predicted molar refractivity (Wildman–Crippen MR) is 87.6 cm³/mol.